The zero-order valence-electron chi connectivity index (χ0n) is 9.92. The lowest BCUT2D eigenvalue weighted by atomic mass is 10.1. The van der Waals surface area contributed by atoms with Crippen LogP contribution in [-0.2, 0) is 0 Å². The Bertz CT molecular complexity index is 439. The van der Waals surface area contributed by atoms with Crippen molar-refractivity contribution in [1.82, 2.24) is 9.97 Å². The van der Waals surface area contributed by atoms with Crippen LogP contribution in [-0.4, -0.2) is 16.0 Å². The quantitative estimate of drug-likeness (QED) is 0.663. The number of aromatic nitrogens is 2. The molecule has 1 aromatic heterocycles. The summed E-state index contributed by atoms with van der Waals surface area (Å²) in [4.78, 5) is 8.13. The predicted molar refractivity (Wildman–Crippen MR) is 71.9 cm³/mol. The summed E-state index contributed by atoms with van der Waals surface area (Å²) >= 11 is 11.8. The van der Waals surface area contributed by atoms with Crippen LogP contribution in [0.3, 0.4) is 0 Å². The molecule has 1 aliphatic rings. The van der Waals surface area contributed by atoms with Gasteiger partial charge in [0.1, 0.15) is 11.6 Å². The fourth-order valence-corrected chi connectivity index (χ4v) is 2.64. The van der Waals surface area contributed by atoms with Crippen molar-refractivity contribution in [2.45, 2.75) is 44.6 Å². The minimum atomic E-state index is 0.105. The average molecular weight is 285 g/mol. The molecule has 0 amide bonds. The maximum absolute atomic E-state index is 8.83. The number of halogens is 2. The molecule has 1 aliphatic carbocycles. The molecule has 1 N–H and O–H groups in total. The lowest BCUT2D eigenvalue weighted by Gasteiger charge is -2.16. The highest BCUT2D eigenvalue weighted by molar-refractivity contribution is 6.35. The van der Waals surface area contributed by atoms with E-state index in [1.54, 1.807) is 0 Å². The topological polar surface area (TPSA) is 61.6 Å². The molecule has 0 saturated heterocycles. The maximum atomic E-state index is 8.83. The van der Waals surface area contributed by atoms with E-state index in [1.807, 2.05) is 6.07 Å². The fourth-order valence-electron chi connectivity index (χ4n) is 2.17. The Morgan fingerprint density at radius 1 is 1.06 bits per heavy atom. The molecule has 0 spiro atoms. The molecule has 6 heteroatoms. The molecule has 1 fully saturated rings. The van der Waals surface area contributed by atoms with Gasteiger partial charge in [0, 0.05) is 6.04 Å². The van der Waals surface area contributed by atoms with Gasteiger partial charge in [-0.05, 0) is 12.8 Å². The monoisotopic (exact) mass is 284 g/mol. The lowest BCUT2D eigenvalue weighted by molar-refractivity contribution is 0.615. The number of hydrogen-bond acceptors (Lipinski definition) is 4. The Morgan fingerprint density at radius 3 is 2.11 bits per heavy atom. The number of nitrogens with zero attached hydrogens (tertiary/aromatic N) is 3. The first-order chi connectivity index (χ1) is 8.70. The van der Waals surface area contributed by atoms with Gasteiger partial charge in [0.25, 0.3) is 0 Å². The third-order valence-electron chi connectivity index (χ3n) is 3.12. The van der Waals surface area contributed by atoms with E-state index in [9.17, 15) is 0 Å². The number of rotatable bonds is 2. The lowest BCUT2D eigenvalue weighted by Crippen LogP contribution is -2.20. The van der Waals surface area contributed by atoms with Crippen molar-refractivity contribution >= 4 is 29.2 Å². The highest BCUT2D eigenvalue weighted by Crippen LogP contribution is 2.24. The summed E-state index contributed by atoms with van der Waals surface area (Å²) in [6.07, 6.45) is 7.23. The van der Waals surface area contributed by atoms with E-state index < -0.39 is 0 Å². The third-order valence-corrected chi connectivity index (χ3v) is 3.67. The van der Waals surface area contributed by atoms with E-state index in [2.05, 4.69) is 15.3 Å². The van der Waals surface area contributed by atoms with Crippen molar-refractivity contribution in [2.24, 2.45) is 0 Å². The molecular weight excluding hydrogens is 271 g/mol. The largest absolute Gasteiger partial charge is 0.351 e. The van der Waals surface area contributed by atoms with Gasteiger partial charge >= 0.3 is 0 Å². The van der Waals surface area contributed by atoms with Crippen LogP contribution in [0, 0.1) is 11.3 Å². The summed E-state index contributed by atoms with van der Waals surface area (Å²) in [5, 5.41) is 12.3. The van der Waals surface area contributed by atoms with Crippen LogP contribution in [0.4, 0.5) is 5.95 Å². The molecule has 2 rings (SSSR count). The molecule has 0 aliphatic heterocycles. The first-order valence-electron chi connectivity index (χ1n) is 6.10. The Hall–Kier alpha value is -1.05. The van der Waals surface area contributed by atoms with Crippen molar-refractivity contribution in [3.63, 3.8) is 0 Å². The van der Waals surface area contributed by atoms with Crippen LogP contribution >= 0.6 is 23.2 Å². The molecular formula is C12H14Cl2N4. The van der Waals surface area contributed by atoms with Crippen molar-refractivity contribution in [1.29, 1.82) is 5.26 Å². The molecule has 4 nitrogen and oxygen atoms in total. The van der Waals surface area contributed by atoms with E-state index in [1.165, 1.54) is 25.7 Å². The second-order valence-electron chi connectivity index (χ2n) is 4.45. The summed E-state index contributed by atoms with van der Waals surface area (Å²) in [6, 6.07) is 2.26. The second kappa shape index (κ2) is 6.21. The number of hydrogen-bond donors (Lipinski definition) is 1. The molecule has 1 saturated carbocycles. The van der Waals surface area contributed by atoms with Crippen molar-refractivity contribution < 1.29 is 0 Å². The van der Waals surface area contributed by atoms with Gasteiger partial charge in [0.15, 0.2) is 10.3 Å². The van der Waals surface area contributed by atoms with E-state index in [0.717, 1.165) is 12.8 Å². The van der Waals surface area contributed by atoms with Gasteiger partial charge in [0.2, 0.25) is 5.95 Å². The summed E-state index contributed by atoms with van der Waals surface area (Å²) < 4.78 is 0. The zero-order valence-corrected chi connectivity index (χ0v) is 11.4. The van der Waals surface area contributed by atoms with Crippen molar-refractivity contribution in [3.8, 4) is 6.07 Å². The van der Waals surface area contributed by atoms with Crippen molar-refractivity contribution in [2.75, 3.05) is 5.32 Å². The van der Waals surface area contributed by atoms with E-state index >= 15 is 0 Å². The first kappa shape index (κ1) is 13.4. The van der Waals surface area contributed by atoms with Crippen LogP contribution in [0.2, 0.25) is 10.3 Å². The van der Waals surface area contributed by atoms with Gasteiger partial charge in [0.05, 0.1) is 0 Å². The van der Waals surface area contributed by atoms with Crippen LogP contribution in [0.1, 0.15) is 44.1 Å². The minimum Gasteiger partial charge on any atom is -0.351 e. The number of nitrogens with one attached hydrogen (secondary N) is 1. The molecule has 0 atom stereocenters. The Labute approximate surface area is 116 Å². The standard InChI is InChI=1S/C12H14Cl2N4/c13-10-9(7-15)11(14)18-12(17-10)16-8-5-3-1-2-4-6-8/h8H,1-6H2,(H,16,17,18). The molecule has 0 radical (unpaired) electrons. The van der Waals surface area contributed by atoms with Gasteiger partial charge in [-0.1, -0.05) is 48.9 Å². The van der Waals surface area contributed by atoms with E-state index in [0.29, 0.717) is 12.0 Å². The molecule has 1 heterocycles. The molecule has 0 unspecified atom stereocenters. The second-order valence-corrected chi connectivity index (χ2v) is 5.16. The zero-order chi connectivity index (χ0) is 13.0. The fraction of sp³-hybridized carbons (Fsp3) is 0.583. The highest BCUT2D eigenvalue weighted by Gasteiger charge is 2.16. The third kappa shape index (κ3) is 3.24. The van der Waals surface area contributed by atoms with Gasteiger partial charge in [-0.25, -0.2) is 0 Å². The van der Waals surface area contributed by atoms with Crippen LogP contribution in [0.5, 0.6) is 0 Å². The Balaban J connectivity index is 2.12. The van der Waals surface area contributed by atoms with E-state index in [-0.39, 0.29) is 15.9 Å². The molecule has 0 aromatic carbocycles. The summed E-state index contributed by atoms with van der Waals surface area (Å²) in [7, 11) is 0. The van der Waals surface area contributed by atoms with Gasteiger partial charge in [-0.15, -0.1) is 0 Å². The van der Waals surface area contributed by atoms with Crippen molar-refractivity contribution in [3.05, 3.63) is 15.9 Å². The van der Waals surface area contributed by atoms with Crippen LogP contribution in [0.15, 0.2) is 0 Å². The summed E-state index contributed by atoms with van der Waals surface area (Å²) in [5.74, 6) is 0.413. The SMILES string of the molecule is N#Cc1c(Cl)nc(NC2CCCCCC2)nc1Cl. The normalized spacial score (nSPS) is 16.9. The molecule has 0 bridgehead atoms. The predicted octanol–water partition coefficient (Wildman–Crippen LogP) is 3.79. The van der Waals surface area contributed by atoms with E-state index in [4.69, 9.17) is 28.5 Å². The molecule has 18 heavy (non-hydrogen) atoms. The highest BCUT2D eigenvalue weighted by atomic mass is 35.5. The minimum absolute atomic E-state index is 0.105. The first-order valence-corrected chi connectivity index (χ1v) is 6.86. The molecule has 1 aromatic rings. The van der Waals surface area contributed by atoms with Gasteiger partial charge < -0.3 is 5.32 Å². The smallest absolute Gasteiger partial charge is 0.225 e. The summed E-state index contributed by atoms with van der Waals surface area (Å²) in [5.41, 5.74) is 0.129. The maximum Gasteiger partial charge on any atom is 0.225 e. The number of anilines is 1. The Morgan fingerprint density at radius 2 is 1.61 bits per heavy atom. The van der Waals surface area contributed by atoms with Gasteiger partial charge in [-0.3, -0.25) is 0 Å². The average Bonchev–Trinajstić information content (AvgIpc) is 2.57. The van der Waals surface area contributed by atoms with Crippen LogP contribution in [0.25, 0.3) is 0 Å². The number of nitriles is 1. The van der Waals surface area contributed by atoms with Crippen LogP contribution < -0.4 is 5.32 Å². The Kier molecular flexibility index (Phi) is 4.62. The molecule has 96 valence electrons. The van der Waals surface area contributed by atoms with Gasteiger partial charge in [-0.2, -0.15) is 15.2 Å². The summed E-state index contributed by atoms with van der Waals surface area (Å²) in [6.45, 7) is 0.